The molecule has 2 rings (SSSR count). The lowest BCUT2D eigenvalue weighted by Crippen LogP contribution is -2.18. The Bertz CT molecular complexity index is 598. The first-order chi connectivity index (χ1) is 9.62. The van der Waals surface area contributed by atoms with Gasteiger partial charge in [-0.25, -0.2) is 0 Å². The first-order valence-electron chi connectivity index (χ1n) is 6.31. The second kappa shape index (κ2) is 6.15. The van der Waals surface area contributed by atoms with Gasteiger partial charge in [-0.2, -0.15) is 5.10 Å². The van der Waals surface area contributed by atoms with Crippen molar-refractivity contribution in [1.82, 2.24) is 9.78 Å². The van der Waals surface area contributed by atoms with E-state index in [1.54, 1.807) is 31.2 Å². The van der Waals surface area contributed by atoms with Gasteiger partial charge in [0.25, 0.3) is 0 Å². The van der Waals surface area contributed by atoms with Crippen LogP contribution in [0.25, 0.3) is 0 Å². The highest BCUT2D eigenvalue weighted by Crippen LogP contribution is 2.34. The van der Waals surface area contributed by atoms with E-state index in [-0.39, 0.29) is 0 Å². The number of methoxy groups -OCH3 is 2. The number of aromatic nitrogens is 2. The van der Waals surface area contributed by atoms with Crippen LogP contribution in [0.15, 0.2) is 24.4 Å². The predicted molar refractivity (Wildman–Crippen MR) is 78.5 cm³/mol. The highest BCUT2D eigenvalue weighted by molar-refractivity contribution is 6.31. The van der Waals surface area contributed by atoms with Crippen LogP contribution in [0.4, 0.5) is 0 Å². The number of ether oxygens (including phenoxy) is 2. The normalized spacial score (nSPS) is 12.2. The van der Waals surface area contributed by atoms with Gasteiger partial charge in [-0.3, -0.25) is 4.68 Å². The average molecular weight is 296 g/mol. The summed E-state index contributed by atoms with van der Waals surface area (Å²) in [6.45, 7) is 2.69. The number of benzene rings is 1. The molecule has 0 fully saturated rings. The summed E-state index contributed by atoms with van der Waals surface area (Å²) >= 11 is 6.19. The molecule has 0 aliphatic carbocycles. The fraction of sp³-hybridized carbons (Fsp3) is 0.357. The van der Waals surface area contributed by atoms with Crippen LogP contribution in [0.3, 0.4) is 0 Å². The van der Waals surface area contributed by atoms with Gasteiger partial charge in [0, 0.05) is 18.2 Å². The van der Waals surface area contributed by atoms with Crippen molar-refractivity contribution in [3.05, 3.63) is 40.7 Å². The van der Waals surface area contributed by atoms with Crippen molar-refractivity contribution in [3.63, 3.8) is 0 Å². The van der Waals surface area contributed by atoms with Crippen molar-refractivity contribution in [2.24, 2.45) is 5.73 Å². The summed E-state index contributed by atoms with van der Waals surface area (Å²) in [4.78, 5) is 0. The van der Waals surface area contributed by atoms with Crippen LogP contribution in [0.1, 0.15) is 24.2 Å². The van der Waals surface area contributed by atoms with Gasteiger partial charge in [-0.05, 0) is 19.1 Å². The zero-order valence-electron chi connectivity index (χ0n) is 11.8. The fourth-order valence-electron chi connectivity index (χ4n) is 2.16. The Balaban J connectivity index is 2.47. The minimum atomic E-state index is -0.411. The highest BCUT2D eigenvalue weighted by atomic mass is 35.5. The molecule has 0 amide bonds. The number of nitrogens with zero attached hydrogens (tertiary/aromatic N) is 2. The van der Waals surface area contributed by atoms with Crippen molar-refractivity contribution in [3.8, 4) is 11.5 Å². The lowest BCUT2D eigenvalue weighted by molar-refractivity contribution is 0.389. The minimum Gasteiger partial charge on any atom is -0.497 e. The van der Waals surface area contributed by atoms with E-state index < -0.39 is 6.04 Å². The third-order valence-corrected chi connectivity index (χ3v) is 3.49. The molecule has 0 spiro atoms. The number of hydrogen-bond donors (Lipinski definition) is 1. The molecule has 2 N–H and O–H groups in total. The summed E-state index contributed by atoms with van der Waals surface area (Å²) in [5.41, 5.74) is 7.95. The molecule has 0 aliphatic rings. The number of aryl methyl sites for hydroxylation is 1. The van der Waals surface area contributed by atoms with Crippen LogP contribution < -0.4 is 15.2 Å². The molecule has 1 aromatic carbocycles. The van der Waals surface area contributed by atoms with Gasteiger partial charge < -0.3 is 15.2 Å². The van der Waals surface area contributed by atoms with E-state index in [0.717, 1.165) is 11.3 Å². The minimum absolute atomic E-state index is 0.411. The monoisotopic (exact) mass is 295 g/mol. The first-order valence-corrected chi connectivity index (χ1v) is 6.68. The summed E-state index contributed by atoms with van der Waals surface area (Å²) in [5, 5.41) is 4.76. The molecule has 5 nitrogen and oxygen atoms in total. The van der Waals surface area contributed by atoms with Gasteiger partial charge in [0.05, 0.1) is 37.2 Å². The topological polar surface area (TPSA) is 62.3 Å². The molecule has 1 heterocycles. The third kappa shape index (κ3) is 2.59. The molecule has 0 saturated heterocycles. The number of rotatable bonds is 5. The van der Waals surface area contributed by atoms with Crippen molar-refractivity contribution in [2.45, 2.75) is 19.5 Å². The first kappa shape index (κ1) is 14.7. The maximum Gasteiger partial charge on any atom is 0.127 e. The van der Waals surface area contributed by atoms with E-state index in [9.17, 15) is 0 Å². The average Bonchev–Trinajstić information content (AvgIpc) is 2.86. The second-order valence-corrected chi connectivity index (χ2v) is 4.69. The van der Waals surface area contributed by atoms with Crippen LogP contribution in [0.5, 0.6) is 11.5 Å². The smallest absolute Gasteiger partial charge is 0.127 e. The Morgan fingerprint density at radius 3 is 2.70 bits per heavy atom. The van der Waals surface area contributed by atoms with Gasteiger partial charge in [-0.1, -0.05) is 11.6 Å². The molecule has 1 aromatic heterocycles. The van der Waals surface area contributed by atoms with E-state index >= 15 is 0 Å². The van der Waals surface area contributed by atoms with Crippen LogP contribution >= 0.6 is 11.6 Å². The van der Waals surface area contributed by atoms with Gasteiger partial charge in [0.1, 0.15) is 11.5 Å². The number of halogens is 1. The summed E-state index contributed by atoms with van der Waals surface area (Å²) in [6.07, 6.45) is 1.61. The second-order valence-electron chi connectivity index (χ2n) is 4.28. The summed E-state index contributed by atoms with van der Waals surface area (Å²) in [5.74, 6) is 1.38. The molecule has 0 radical (unpaired) electrons. The van der Waals surface area contributed by atoms with Crippen molar-refractivity contribution in [1.29, 1.82) is 0 Å². The zero-order valence-corrected chi connectivity index (χ0v) is 12.5. The van der Waals surface area contributed by atoms with E-state index in [1.807, 2.05) is 19.1 Å². The SMILES string of the molecule is CCn1ncc(Cl)c1C(N)c1ccc(OC)cc1OC. The molecule has 1 atom stereocenters. The van der Waals surface area contributed by atoms with Gasteiger partial charge in [0.15, 0.2) is 0 Å². The highest BCUT2D eigenvalue weighted by Gasteiger charge is 2.21. The number of nitrogens with two attached hydrogens (primary N) is 1. The Morgan fingerprint density at radius 2 is 2.10 bits per heavy atom. The standard InChI is InChI=1S/C14H18ClN3O2/c1-4-18-14(11(15)8-17-18)13(16)10-6-5-9(19-2)7-12(10)20-3/h5-8,13H,4,16H2,1-3H3. The van der Waals surface area contributed by atoms with Crippen molar-refractivity contribution >= 4 is 11.6 Å². The molecular weight excluding hydrogens is 278 g/mol. The van der Waals surface area contributed by atoms with Gasteiger partial charge >= 0.3 is 0 Å². The molecule has 0 saturated carbocycles. The number of hydrogen-bond acceptors (Lipinski definition) is 4. The summed E-state index contributed by atoms with van der Waals surface area (Å²) in [7, 11) is 3.21. The molecule has 2 aromatic rings. The Labute approximate surface area is 123 Å². The van der Waals surface area contributed by atoms with E-state index in [0.29, 0.717) is 23.1 Å². The fourth-order valence-corrected chi connectivity index (χ4v) is 2.41. The predicted octanol–water partition coefficient (Wildman–Crippen LogP) is 2.62. The molecule has 0 bridgehead atoms. The van der Waals surface area contributed by atoms with E-state index in [2.05, 4.69) is 5.10 Å². The molecule has 20 heavy (non-hydrogen) atoms. The molecular formula is C14H18ClN3O2. The summed E-state index contributed by atoms with van der Waals surface area (Å²) in [6, 6.07) is 5.12. The summed E-state index contributed by atoms with van der Waals surface area (Å²) < 4.78 is 12.4. The zero-order chi connectivity index (χ0) is 14.7. The van der Waals surface area contributed by atoms with Crippen LogP contribution in [-0.2, 0) is 6.54 Å². The van der Waals surface area contributed by atoms with Crippen molar-refractivity contribution < 1.29 is 9.47 Å². The Hall–Kier alpha value is -1.72. The third-order valence-electron chi connectivity index (χ3n) is 3.20. The lowest BCUT2D eigenvalue weighted by atomic mass is 10.0. The van der Waals surface area contributed by atoms with Crippen molar-refractivity contribution in [2.75, 3.05) is 14.2 Å². The quantitative estimate of drug-likeness (QED) is 0.921. The maximum atomic E-state index is 6.34. The molecule has 1 unspecified atom stereocenters. The van der Waals surface area contributed by atoms with Gasteiger partial charge in [0.2, 0.25) is 0 Å². The van der Waals surface area contributed by atoms with Crippen LogP contribution in [-0.4, -0.2) is 24.0 Å². The molecule has 108 valence electrons. The van der Waals surface area contributed by atoms with E-state index in [1.165, 1.54) is 0 Å². The van der Waals surface area contributed by atoms with Crippen LogP contribution in [0, 0.1) is 0 Å². The van der Waals surface area contributed by atoms with Gasteiger partial charge in [-0.15, -0.1) is 0 Å². The maximum absolute atomic E-state index is 6.34. The Morgan fingerprint density at radius 1 is 1.35 bits per heavy atom. The lowest BCUT2D eigenvalue weighted by Gasteiger charge is -2.18. The Kier molecular flexibility index (Phi) is 4.52. The largest absolute Gasteiger partial charge is 0.497 e. The van der Waals surface area contributed by atoms with E-state index in [4.69, 9.17) is 26.8 Å². The molecule has 6 heteroatoms. The van der Waals surface area contributed by atoms with Crippen LogP contribution in [0.2, 0.25) is 5.02 Å². The molecule has 0 aliphatic heterocycles.